The summed E-state index contributed by atoms with van der Waals surface area (Å²) in [4.78, 5) is 16.6. The maximum Gasteiger partial charge on any atom is 0.222 e. The second-order valence-electron chi connectivity index (χ2n) is 7.91. The lowest BCUT2D eigenvalue weighted by Gasteiger charge is -2.37. The zero-order valence-electron chi connectivity index (χ0n) is 16.3. The van der Waals surface area contributed by atoms with Crippen LogP contribution in [0.2, 0.25) is 0 Å². The average Bonchev–Trinajstić information content (AvgIpc) is 3.05. The number of carbonyl (C=O) groups excluding carboxylic acids is 1. The number of hydrogen-bond donors (Lipinski definition) is 2. The largest absolute Gasteiger partial charge is 0.494 e. The lowest BCUT2D eigenvalue weighted by Crippen LogP contribution is -2.54. The molecule has 0 radical (unpaired) electrons. The van der Waals surface area contributed by atoms with Gasteiger partial charge in [-0.2, -0.15) is 0 Å². The van der Waals surface area contributed by atoms with Gasteiger partial charge in [-0.05, 0) is 69.0 Å². The van der Waals surface area contributed by atoms with E-state index in [4.69, 9.17) is 4.74 Å². The highest BCUT2D eigenvalue weighted by Crippen LogP contribution is 2.39. The molecule has 3 heterocycles. The van der Waals surface area contributed by atoms with E-state index in [2.05, 4.69) is 15.6 Å². The van der Waals surface area contributed by atoms with Gasteiger partial charge in [-0.3, -0.25) is 9.78 Å². The standard InChI is InChI=1S/C22H26FN3O2/c1-3-28-16-4-5-18(23)17(11-16)15-7-9-24-20(10-15)19-6-8-22(26-19)12-14(2)25-21(27)13-22/h4-5,7,9-11,14,19,26H,3,6,8,12-13H2,1-2H3,(H,25,27)/t14-,19?,22?/m0/s1. The number of hydrogen-bond acceptors (Lipinski definition) is 4. The summed E-state index contributed by atoms with van der Waals surface area (Å²) in [6.45, 7) is 4.48. The first-order chi connectivity index (χ1) is 13.5. The fourth-order valence-electron chi connectivity index (χ4n) is 4.59. The zero-order valence-corrected chi connectivity index (χ0v) is 16.3. The molecule has 148 valence electrons. The predicted molar refractivity (Wildman–Crippen MR) is 105 cm³/mol. The molecule has 1 aromatic carbocycles. The van der Waals surface area contributed by atoms with Crippen LogP contribution in [0.25, 0.3) is 11.1 Å². The van der Waals surface area contributed by atoms with Crippen LogP contribution in [-0.2, 0) is 4.79 Å². The van der Waals surface area contributed by atoms with E-state index in [1.54, 1.807) is 18.3 Å². The van der Waals surface area contributed by atoms with Crippen LogP contribution >= 0.6 is 0 Å². The molecule has 0 saturated carbocycles. The molecule has 4 rings (SSSR count). The Kier molecular flexibility index (Phi) is 5.06. The number of nitrogens with one attached hydrogen (secondary N) is 2. The van der Waals surface area contributed by atoms with Crippen LogP contribution in [0.5, 0.6) is 5.75 Å². The topological polar surface area (TPSA) is 63.2 Å². The first kappa shape index (κ1) is 18.9. The van der Waals surface area contributed by atoms with Crippen molar-refractivity contribution in [2.45, 2.75) is 57.2 Å². The van der Waals surface area contributed by atoms with E-state index < -0.39 is 0 Å². The number of pyridine rings is 1. The minimum Gasteiger partial charge on any atom is -0.494 e. The van der Waals surface area contributed by atoms with Gasteiger partial charge in [0.1, 0.15) is 11.6 Å². The Labute approximate surface area is 164 Å². The number of halogens is 1. The Balaban J connectivity index is 1.58. The van der Waals surface area contributed by atoms with E-state index in [0.717, 1.165) is 30.5 Å². The van der Waals surface area contributed by atoms with Crippen LogP contribution in [-0.4, -0.2) is 29.1 Å². The van der Waals surface area contributed by atoms with Gasteiger partial charge in [0, 0.05) is 35.8 Å². The summed E-state index contributed by atoms with van der Waals surface area (Å²) in [5, 5.41) is 6.66. The molecular formula is C22H26FN3O2. The second-order valence-corrected chi connectivity index (χ2v) is 7.91. The molecule has 1 spiro atoms. The Bertz CT molecular complexity index is 888. The van der Waals surface area contributed by atoms with Crippen molar-refractivity contribution >= 4 is 5.91 Å². The van der Waals surface area contributed by atoms with E-state index in [1.807, 2.05) is 26.0 Å². The van der Waals surface area contributed by atoms with E-state index in [-0.39, 0.29) is 29.3 Å². The van der Waals surface area contributed by atoms with Crippen LogP contribution in [0, 0.1) is 5.82 Å². The van der Waals surface area contributed by atoms with Gasteiger partial charge in [0.05, 0.1) is 12.3 Å². The molecule has 2 aliphatic rings. The number of carbonyl (C=O) groups is 1. The van der Waals surface area contributed by atoms with Gasteiger partial charge < -0.3 is 15.4 Å². The van der Waals surface area contributed by atoms with Crippen molar-refractivity contribution in [1.82, 2.24) is 15.6 Å². The van der Waals surface area contributed by atoms with Gasteiger partial charge in [-0.25, -0.2) is 4.39 Å². The van der Waals surface area contributed by atoms with E-state index in [1.165, 1.54) is 6.07 Å². The normalized spacial score (nSPS) is 27.0. The number of amides is 1. The van der Waals surface area contributed by atoms with Gasteiger partial charge in [0.2, 0.25) is 5.91 Å². The predicted octanol–water partition coefficient (Wildman–Crippen LogP) is 3.75. The third-order valence-electron chi connectivity index (χ3n) is 5.69. The molecule has 2 aromatic rings. The van der Waals surface area contributed by atoms with Gasteiger partial charge in [-0.15, -0.1) is 0 Å². The monoisotopic (exact) mass is 383 g/mol. The van der Waals surface area contributed by atoms with E-state index >= 15 is 0 Å². The quantitative estimate of drug-likeness (QED) is 0.844. The number of aromatic nitrogens is 1. The molecule has 3 atom stereocenters. The van der Waals surface area contributed by atoms with Crippen LogP contribution in [0.3, 0.4) is 0 Å². The molecule has 2 saturated heterocycles. The molecule has 6 heteroatoms. The van der Waals surface area contributed by atoms with E-state index in [9.17, 15) is 9.18 Å². The minimum atomic E-state index is -0.283. The number of rotatable bonds is 4. The summed E-state index contributed by atoms with van der Waals surface area (Å²) in [6, 6.07) is 8.80. The fraction of sp³-hybridized carbons (Fsp3) is 0.455. The molecule has 0 bridgehead atoms. The van der Waals surface area contributed by atoms with Gasteiger partial charge in [0.25, 0.3) is 0 Å². The van der Waals surface area contributed by atoms with Crippen molar-refractivity contribution in [3.63, 3.8) is 0 Å². The highest BCUT2D eigenvalue weighted by atomic mass is 19.1. The molecule has 5 nitrogen and oxygen atoms in total. The number of nitrogens with zero attached hydrogens (tertiary/aromatic N) is 1. The van der Waals surface area contributed by atoms with Crippen LogP contribution < -0.4 is 15.4 Å². The maximum absolute atomic E-state index is 14.4. The second kappa shape index (κ2) is 7.51. The summed E-state index contributed by atoms with van der Waals surface area (Å²) >= 11 is 0. The lowest BCUT2D eigenvalue weighted by molar-refractivity contribution is -0.125. The summed E-state index contributed by atoms with van der Waals surface area (Å²) in [6.07, 6.45) is 4.99. The lowest BCUT2D eigenvalue weighted by atomic mass is 9.83. The maximum atomic E-state index is 14.4. The summed E-state index contributed by atoms with van der Waals surface area (Å²) in [7, 11) is 0. The van der Waals surface area contributed by atoms with Crippen molar-refractivity contribution < 1.29 is 13.9 Å². The molecular weight excluding hydrogens is 357 g/mol. The highest BCUT2D eigenvalue weighted by Gasteiger charge is 2.44. The Morgan fingerprint density at radius 2 is 2.18 bits per heavy atom. The van der Waals surface area contributed by atoms with Crippen molar-refractivity contribution in [3.8, 4) is 16.9 Å². The van der Waals surface area contributed by atoms with Crippen molar-refractivity contribution in [1.29, 1.82) is 0 Å². The molecule has 2 unspecified atom stereocenters. The fourth-order valence-corrected chi connectivity index (χ4v) is 4.59. The molecule has 1 amide bonds. The van der Waals surface area contributed by atoms with Gasteiger partial charge >= 0.3 is 0 Å². The van der Waals surface area contributed by atoms with Crippen molar-refractivity contribution in [3.05, 3.63) is 48.0 Å². The average molecular weight is 383 g/mol. The van der Waals surface area contributed by atoms with Crippen molar-refractivity contribution in [2.24, 2.45) is 0 Å². The first-order valence-electron chi connectivity index (χ1n) is 9.94. The zero-order chi connectivity index (χ0) is 19.7. The third kappa shape index (κ3) is 3.74. The molecule has 1 aromatic heterocycles. The number of ether oxygens (including phenoxy) is 1. The minimum absolute atomic E-state index is 0.0659. The molecule has 2 fully saturated rings. The van der Waals surface area contributed by atoms with Crippen molar-refractivity contribution in [2.75, 3.05) is 6.61 Å². The Morgan fingerprint density at radius 1 is 1.32 bits per heavy atom. The summed E-state index contributed by atoms with van der Waals surface area (Å²) in [5.74, 6) is 0.468. The summed E-state index contributed by atoms with van der Waals surface area (Å²) in [5.41, 5.74) is 2.01. The molecule has 2 aliphatic heterocycles. The molecule has 28 heavy (non-hydrogen) atoms. The highest BCUT2D eigenvalue weighted by molar-refractivity contribution is 5.78. The molecule has 0 aliphatic carbocycles. The SMILES string of the molecule is CCOc1ccc(F)c(-c2ccnc(C3CCC4(CC(=O)N[C@@H](C)C4)N3)c2)c1. The van der Waals surface area contributed by atoms with Gasteiger partial charge in [0.15, 0.2) is 0 Å². The van der Waals surface area contributed by atoms with Gasteiger partial charge in [-0.1, -0.05) is 0 Å². The number of piperidine rings is 1. The van der Waals surface area contributed by atoms with Crippen LogP contribution in [0.4, 0.5) is 4.39 Å². The Hall–Kier alpha value is -2.47. The smallest absolute Gasteiger partial charge is 0.222 e. The van der Waals surface area contributed by atoms with Crippen LogP contribution in [0.1, 0.15) is 51.3 Å². The Morgan fingerprint density at radius 3 is 2.96 bits per heavy atom. The third-order valence-corrected chi connectivity index (χ3v) is 5.69. The first-order valence-corrected chi connectivity index (χ1v) is 9.94. The molecule has 2 N–H and O–H groups in total. The number of benzene rings is 1. The van der Waals surface area contributed by atoms with E-state index in [0.29, 0.717) is 24.3 Å². The van der Waals surface area contributed by atoms with Crippen LogP contribution in [0.15, 0.2) is 36.5 Å². The summed E-state index contributed by atoms with van der Waals surface area (Å²) < 4.78 is 20.0.